The highest BCUT2D eigenvalue weighted by Gasteiger charge is 2.49. The van der Waals surface area contributed by atoms with Gasteiger partial charge >= 0.3 is 6.09 Å². The maximum Gasteiger partial charge on any atom is 0.413 e. The van der Waals surface area contributed by atoms with Gasteiger partial charge in [-0.25, -0.2) is 17.8 Å². The van der Waals surface area contributed by atoms with Crippen molar-refractivity contribution in [3.05, 3.63) is 33.1 Å². The van der Waals surface area contributed by atoms with Crippen molar-refractivity contribution in [1.82, 2.24) is 5.32 Å². The lowest BCUT2D eigenvalue weighted by Crippen LogP contribution is -2.57. The highest BCUT2D eigenvalue weighted by Crippen LogP contribution is 2.39. The Morgan fingerprint density at radius 3 is 2.50 bits per heavy atom. The number of amides is 1. The molecule has 1 aliphatic rings. The third kappa shape index (κ3) is 4.50. The second-order valence-electron chi connectivity index (χ2n) is 8.46. The number of aliphatic imine (C=N–C) groups is 1. The van der Waals surface area contributed by atoms with Crippen molar-refractivity contribution < 1.29 is 18.1 Å². The number of nitrogens with zero attached hydrogens (tertiary/aromatic N) is 2. The SMILES string of the molecule is CN=[S@@]1(=O)C[C@@](C)(c2cc(I)ccc2F)N=C(NC(=O)OC(C)(C)C)C1(C)C. The number of nitrogens with one attached hydrogen (secondary N) is 1. The fourth-order valence-electron chi connectivity index (χ4n) is 3.05. The Hall–Kier alpha value is -1.23. The van der Waals surface area contributed by atoms with Gasteiger partial charge in [0.2, 0.25) is 0 Å². The van der Waals surface area contributed by atoms with Crippen LogP contribution in [0.4, 0.5) is 9.18 Å². The highest BCUT2D eigenvalue weighted by atomic mass is 127. The molecule has 0 saturated carbocycles. The number of hydrogen-bond donors (Lipinski definition) is 1. The summed E-state index contributed by atoms with van der Waals surface area (Å²) in [5.74, 6) is -0.231. The molecular weight excluding hydrogens is 496 g/mol. The fraction of sp³-hybridized carbons (Fsp3) is 0.579. The summed E-state index contributed by atoms with van der Waals surface area (Å²) in [5.41, 5.74) is -1.54. The zero-order valence-corrected chi connectivity index (χ0v) is 20.2. The smallest absolute Gasteiger partial charge is 0.413 e. The lowest BCUT2D eigenvalue weighted by molar-refractivity contribution is 0.0560. The van der Waals surface area contributed by atoms with Gasteiger partial charge in [-0.2, -0.15) is 0 Å². The average molecular weight is 523 g/mol. The van der Waals surface area contributed by atoms with Crippen molar-refractivity contribution in [3.63, 3.8) is 0 Å². The molecule has 6 nitrogen and oxygen atoms in total. The minimum atomic E-state index is -2.88. The van der Waals surface area contributed by atoms with E-state index in [1.807, 2.05) is 0 Å². The predicted octanol–water partition coefficient (Wildman–Crippen LogP) is 4.46. The van der Waals surface area contributed by atoms with Gasteiger partial charge in [0, 0.05) is 16.2 Å². The molecule has 1 aromatic rings. The molecule has 0 spiro atoms. The van der Waals surface area contributed by atoms with E-state index in [2.05, 4.69) is 37.3 Å². The Morgan fingerprint density at radius 1 is 1.36 bits per heavy atom. The topological polar surface area (TPSA) is 80.1 Å². The van der Waals surface area contributed by atoms with Gasteiger partial charge < -0.3 is 4.74 Å². The van der Waals surface area contributed by atoms with Gasteiger partial charge in [0.25, 0.3) is 0 Å². The molecule has 0 radical (unpaired) electrons. The number of ether oxygens (including phenoxy) is 1. The summed E-state index contributed by atoms with van der Waals surface area (Å²) in [6.07, 6.45) is -0.704. The largest absolute Gasteiger partial charge is 0.444 e. The second-order valence-corrected chi connectivity index (χ2v) is 12.7. The molecule has 0 bridgehead atoms. The number of hydrogen-bond acceptors (Lipinski definition) is 5. The zero-order valence-electron chi connectivity index (χ0n) is 17.2. The quantitative estimate of drug-likeness (QED) is 0.553. The van der Waals surface area contributed by atoms with E-state index < -0.39 is 37.5 Å². The van der Waals surface area contributed by atoms with Gasteiger partial charge in [-0.3, -0.25) is 10.3 Å². The molecule has 0 saturated heterocycles. The Bertz CT molecular complexity index is 946. The van der Waals surface area contributed by atoms with E-state index in [0.717, 1.165) is 3.57 Å². The first kappa shape index (κ1) is 23.1. The maximum atomic E-state index is 14.7. The first-order valence-electron chi connectivity index (χ1n) is 8.82. The van der Waals surface area contributed by atoms with Gasteiger partial charge in [0.1, 0.15) is 27.5 Å². The Balaban J connectivity index is 2.64. The van der Waals surface area contributed by atoms with Gasteiger partial charge in [-0.15, -0.1) is 0 Å². The van der Waals surface area contributed by atoms with Crippen molar-refractivity contribution in [2.45, 2.75) is 57.4 Å². The van der Waals surface area contributed by atoms with Crippen LogP contribution in [0.1, 0.15) is 47.1 Å². The molecule has 156 valence electrons. The number of carbonyl (C=O) groups excluding carboxylic acids is 1. The van der Waals surface area contributed by atoms with E-state index in [-0.39, 0.29) is 11.6 Å². The lowest BCUT2D eigenvalue weighted by Gasteiger charge is -2.41. The normalized spacial score (nSPS) is 27.0. The molecule has 28 heavy (non-hydrogen) atoms. The molecule has 9 heteroatoms. The Labute approximate surface area is 180 Å². The van der Waals surface area contributed by atoms with Crippen molar-refractivity contribution >= 4 is 44.2 Å². The van der Waals surface area contributed by atoms with E-state index in [4.69, 9.17) is 4.74 Å². The number of amidine groups is 1. The first-order chi connectivity index (χ1) is 12.6. The van der Waals surface area contributed by atoms with Crippen LogP contribution in [0.15, 0.2) is 27.6 Å². The van der Waals surface area contributed by atoms with Crippen LogP contribution in [0.3, 0.4) is 0 Å². The van der Waals surface area contributed by atoms with E-state index in [1.165, 1.54) is 13.1 Å². The molecule has 1 aliphatic heterocycles. The highest BCUT2D eigenvalue weighted by molar-refractivity contribution is 14.1. The zero-order chi connectivity index (χ0) is 21.5. The standard InChI is InChI=1S/C19H27FIN3O3S/c1-17(2,3)27-16(25)23-15-18(4,5)28(26,22-7)11-19(6,24-15)13-10-12(21)8-9-14(13)20/h8-10H,11H2,1-7H3,(H,23,24,25)/t19-,28+/m0/s1. The molecule has 1 heterocycles. The molecular formula is C19H27FIN3O3S. The van der Waals surface area contributed by atoms with E-state index in [1.54, 1.807) is 53.7 Å². The third-order valence-corrected chi connectivity index (χ3v) is 8.63. The van der Waals surface area contributed by atoms with E-state index in [9.17, 15) is 13.4 Å². The number of halogens is 2. The molecule has 1 aromatic carbocycles. The molecule has 0 aliphatic carbocycles. The van der Waals surface area contributed by atoms with Crippen LogP contribution in [0.2, 0.25) is 0 Å². The van der Waals surface area contributed by atoms with E-state index in [0.29, 0.717) is 5.56 Å². The minimum Gasteiger partial charge on any atom is -0.444 e. The summed E-state index contributed by atoms with van der Waals surface area (Å²) in [6, 6.07) is 4.70. The van der Waals surface area contributed by atoms with Crippen molar-refractivity contribution in [1.29, 1.82) is 0 Å². The van der Waals surface area contributed by atoms with Crippen LogP contribution in [0.25, 0.3) is 0 Å². The van der Waals surface area contributed by atoms with Crippen LogP contribution >= 0.6 is 22.6 Å². The van der Waals surface area contributed by atoms with Gasteiger partial charge in [-0.05, 0) is 82.3 Å². The predicted molar refractivity (Wildman–Crippen MR) is 119 cm³/mol. The number of carbonyl (C=O) groups is 1. The number of benzene rings is 1. The Kier molecular flexibility index (Phi) is 6.21. The van der Waals surface area contributed by atoms with Crippen molar-refractivity contribution in [2.75, 3.05) is 12.8 Å². The maximum absolute atomic E-state index is 14.7. The van der Waals surface area contributed by atoms with E-state index >= 15 is 0 Å². The minimum absolute atomic E-state index is 0.0417. The van der Waals surface area contributed by atoms with Crippen LogP contribution in [-0.2, 0) is 20.0 Å². The van der Waals surface area contributed by atoms with Crippen LogP contribution in [0.5, 0.6) is 0 Å². The summed E-state index contributed by atoms with van der Waals surface area (Å²) in [6.45, 7) is 10.4. The summed E-state index contributed by atoms with van der Waals surface area (Å²) >= 11 is 2.09. The molecule has 1 N–H and O–H groups in total. The number of rotatable bonds is 1. The summed E-state index contributed by atoms with van der Waals surface area (Å²) < 4.78 is 37.7. The van der Waals surface area contributed by atoms with Crippen molar-refractivity contribution in [2.24, 2.45) is 9.36 Å². The average Bonchev–Trinajstić information content (AvgIpc) is 2.53. The molecule has 0 aromatic heterocycles. The summed E-state index contributed by atoms with van der Waals surface area (Å²) in [5, 5.41) is 2.64. The Morgan fingerprint density at radius 2 is 1.96 bits per heavy atom. The van der Waals surface area contributed by atoms with Gasteiger partial charge in [-0.1, -0.05) is 0 Å². The molecule has 1 amide bonds. The first-order valence-corrected chi connectivity index (χ1v) is 11.6. The molecule has 0 unspecified atom stereocenters. The molecule has 0 fully saturated rings. The monoisotopic (exact) mass is 523 g/mol. The van der Waals surface area contributed by atoms with Crippen LogP contribution < -0.4 is 5.32 Å². The molecule has 2 atom stereocenters. The van der Waals surface area contributed by atoms with Gasteiger partial charge in [0.15, 0.2) is 0 Å². The van der Waals surface area contributed by atoms with Crippen molar-refractivity contribution in [3.8, 4) is 0 Å². The van der Waals surface area contributed by atoms with Crippen LogP contribution in [0, 0.1) is 9.39 Å². The van der Waals surface area contributed by atoms with Crippen LogP contribution in [-0.4, -0.2) is 39.3 Å². The third-order valence-electron chi connectivity index (χ3n) is 4.63. The fourth-order valence-corrected chi connectivity index (χ4v) is 5.86. The van der Waals surface area contributed by atoms with Gasteiger partial charge in [0.05, 0.1) is 15.5 Å². The summed E-state index contributed by atoms with van der Waals surface area (Å²) in [7, 11) is -1.40. The second kappa shape index (κ2) is 7.55. The summed E-state index contributed by atoms with van der Waals surface area (Å²) in [4.78, 5) is 17.0. The number of alkyl carbamates (subject to hydrolysis) is 1. The molecule has 2 rings (SSSR count). The lowest BCUT2D eigenvalue weighted by atomic mass is 9.93.